The van der Waals surface area contributed by atoms with Gasteiger partial charge in [0.1, 0.15) is 0 Å². The minimum atomic E-state index is -2.52. The Labute approximate surface area is 100 Å². The van der Waals surface area contributed by atoms with Crippen LogP contribution in [0.25, 0.3) is 0 Å². The van der Waals surface area contributed by atoms with Crippen LogP contribution in [0.5, 0.6) is 0 Å². The van der Waals surface area contributed by atoms with Crippen molar-refractivity contribution < 1.29 is 0 Å². The summed E-state index contributed by atoms with van der Waals surface area (Å²) in [6.07, 6.45) is 4.22. The predicted octanol–water partition coefficient (Wildman–Crippen LogP) is 1.55. The maximum atomic E-state index is 2.57. The Kier molecular flexibility index (Phi) is 4.13. The zero-order valence-electron chi connectivity index (χ0n) is 11.5. The Morgan fingerprint density at radius 2 is 1.20 bits per heavy atom. The molecular weight excluding hydrogens is 293 g/mol. The molecule has 0 N–H and O–H groups in total. The molecule has 0 aliphatic heterocycles. The van der Waals surface area contributed by atoms with Crippen LogP contribution in [-0.2, 0) is 0 Å². The molecule has 0 spiro atoms. The number of rotatable bonds is 5. The van der Waals surface area contributed by atoms with E-state index in [-0.39, 0.29) is 0 Å². The van der Waals surface area contributed by atoms with Gasteiger partial charge in [0.15, 0.2) is 0 Å². The molecule has 0 radical (unpaired) electrons. The van der Waals surface area contributed by atoms with E-state index in [2.05, 4.69) is 58.6 Å². The number of nitrogens with zero attached hydrogens (tertiary/aromatic N) is 3. The molecule has 4 heteroatoms. The zero-order valence-corrected chi connectivity index (χ0v) is 14.3. The van der Waals surface area contributed by atoms with Crippen molar-refractivity contribution in [2.24, 2.45) is 0 Å². The molecule has 0 bridgehead atoms. The van der Waals surface area contributed by atoms with Gasteiger partial charge in [0.05, 0.1) is 0 Å². The second-order valence-corrected chi connectivity index (χ2v) is 19.8. The fourth-order valence-electron chi connectivity index (χ4n) is 3.70. The summed E-state index contributed by atoms with van der Waals surface area (Å²) in [5, 5.41) is 0. The molecule has 3 nitrogen and oxygen atoms in total. The van der Waals surface area contributed by atoms with Gasteiger partial charge >= 0.3 is 100 Å². The second-order valence-electron chi connectivity index (χ2n) is 5.45. The Hall–Kier alpha value is 0.679. The van der Waals surface area contributed by atoms with E-state index in [1.807, 2.05) is 0 Å². The topological polar surface area (TPSA) is 9.72 Å². The first-order valence-corrected chi connectivity index (χ1v) is 11.1. The second kappa shape index (κ2) is 4.51. The van der Waals surface area contributed by atoms with E-state index in [1.54, 1.807) is 0 Å². The number of hydrogen-bond acceptors (Lipinski definition) is 3. The molecule has 0 aromatic carbocycles. The van der Waals surface area contributed by atoms with E-state index in [9.17, 15) is 0 Å². The van der Waals surface area contributed by atoms with Crippen LogP contribution in [-0.4, -0.2) is 70.8 Å². The Morgan fingerprint density at radius 3 is 1.27 bits per heavy atom. The Bertz CT molecular complexity index is 200. The Balaban J connectivity index is 3.15. The molecule has 1 fully saturated rings. The monoisotopic (exact) mass is 321 g/mol. The molecule has 90 valence electrons. The molecule has 1 aliphatic rings. The maximum absolute atomic E-state index is 2.57. The molecular formula is C11H27N3Sn. The van der Waals surface area contributed by atoms with Gasteiger partial charge in [-0.05, 0) is 0 Å². The minimum absolute atomic E-state index is 0.658. The Morgan fingerprint density at radius 1 is 0.867 bits per heavy atom. The van der Waals surface area contributed by atoms with Gasteiger partial charge in [-0.1, -0.05) is 0 Å². The van der Waals surface area contributed by atoms with Gasteiger partial charge in [-0.15, -0.1) is 0 Å². The van der Waals surface area contributed by atoms with Gasteiger partial charge in [0, 0.05) is 0 Å². The van der Waals surface area contributed by atoms with E-state index in [0.717, 1.165) is 0 Å². The molecule has 0 aromatic rings. The van der Waals surface area contributed by atoms with Crippen molar-refractivity contribution in [3.8, 4) is 0 Å². The van der Waals surface area contributed by atoms with Gasteiger partial charge in [0.25, 0.3) is 0 Å². The van der Waals surface area contributed by atoms with Crippen LogP contribution in [0.2, 0.25) is 3.43 Å². The third-order valence-electron chi connectivity index (χ3n) is 4.11. The summed E-state index contributed by atoms with van der Waals surface area (Å²) in [4.78, 5) is 0. The van der Waals surface area contributed by atoms with Gasteiger partial charge < -0.3 is 0 Å². The van der Waals surface area contributed by atoms with E-state index in [4.69, 9.17) is 0 Å². The molecule has 0 saturated heterocycles. The van der Waals surface area contributed by atoms with Crippen LogP contribution < -0.4 is 0 Å². The fourth-order valence-corrected chi connectivity index (χ4v) is 22.3. The fraction of sp³-hybridized carbons (Fsp3) is 1.00. The summed E-state index contributed by atoms with van der Waals surface area (Å²) in [6, 6.07) is 0. The summed E-state index contributed by atoms with van der Waals surface area (Å²) in [5.74, 6) is 0. The van der Waals surface area contributed by atoms with Gasteiger partial charge in [0.2, 0.25) is 0 Å². The molecule has 0 atom stereocenters. The summed E-state index contributed by atoms with van der Waals surface area (Å²) in [7, 11) is 13.7. The molecule has 0 unspecified atom stereocenters. The average molecular weight is 320 g/mol. The summed E-state index contributed by atoms with van der Waals surface area (Å²) in [5.41, 5.74) is 0. The van der Waals surface area contributed by atoms with Crippen molar-refractivity contribution in [1.82, 2.24) is 9.36 Å². The van der Waals surface area contributed by atoms with E-state index in [1.165, 1.54) is 19.3 Å². The standard InChI is InChI=1S/C5H9.3C2H6N.Sn/c1-2-5-3-4-5;3*1-3-2;/h2-4H2,1H3;3*1-2H3;/q;3*-1;+3. The summed E-state index contributed by atoms with van der Waals surface area (Å²) < 4.78 is 8.38. The van der Waals surface area contributed by atoms with E-state index < -0.39 is 19.2 Å². The van der Waals surface area contributed by atoms with Crippen LogP contribution >= 0.6 is 0 Å². The summed E-state index contributed by atoms with van der Waals surface area (Å²) in [6.45, 7) is 2.37. The molecule has 0 amide bonds. The number of hydrogen-bond donors (Lipinski definition) is 0. The van der Waals surface area contributed by atoms with Gasteiger partial charge in [-0.3, -0.25) is 0 Å². The zero-order chi connectivity index (χ0) is 11.9. The van der Waals surface area contributed by atoms with Crippen LogP contribution in [0, 0.1) is 0 Å². The molecule has 1 saturated carbocycles. The van der Waals surface area contributed by atoms with Crippen molar-refractivity contribution in [1.29, 1.82) is 0 Å². The molecule has 0 heterocycles. The molecule has 1 rings (SSSR count). The third-order valence-corrected chi connectivity index (χ3v) is 21.3. The van der Waals surface area contributed by atoms with Crippen molar-refractivity contribution in [3.63, 3.8) is 0 Å². The van der Waals surface area contributed by atoms with Crippen molar-refractivity contribution in [2.45, 2.75) is 29.6 Å². The van der Waals surface area contributed by atoms with E-state index in [0.29, 0.717) is 3.43 Å². The third kappa shape index (κ3) is 1.85. The van der Waals surface area contributed by atoms with Crippen molar-refractivity contribution in [2.75, 3.05) is 42.3 Å². The average Bonchev–Trinajstić information content (AvgIpc) is 2.84. The van der Waals surface area contributed by atoms with Crippen LogP contribution in [0.1, 0.15) is 26.2 Å². The summed E-state index contributed by atoms with van der Waals surface area (Å²) >= 11 is -2.52. The van der Waals surface area contributed by atoms with Crippen molar-refractivity contribution in [3.05, 3.63) is 0 Å². The van der Waals surface area contributed by atoms with Gasteiger partial charge in [-0.25, -0.2) is 0 Å². The van der Waals surface area contributed by atoms with E-state index >= 15 is 0 Å². The van der Waals surface area contributed by atoms with Crippen LogP contribution in [0.3, 0.4) is 0 Å². The van der Waals surface area contributed by atoms with Crippen LogP contribution in [0.15, 0.2) is 0 Å². The van der Waals surface area contributed by atoms with Crippen LogP contribution in [0.4, 0.5) is 0 Å². The molecule has 1 aliphatic carbocycles. The van der Waals surface area contributed by atoms with Crippen molar-refractivity contribution >= 4 is 19.2 Å². The first-order chi connectivity index (χ1) is 6.85. The molecule has 15 heavy (non-hydrogen) atoms. The SMILES string of the molecule is CC[C]1([Sn]([N](C)C)([N](C)C)[N](C)C)CC1. The predicted molar refractivity (Wildman–Crippen MR) is 69.0 cm³/mol. The normalized spacial score (nSPS) is 20.4. The first-order valence-electron chi connectivity index (χ1n) is 5.87. The molecule has 0 aromatic heterocycles. The quantitative estimate of drug-likeness (QED) is 0.712. The van der Waals surface area contributed by atoms with Gasteiger partial charge in [-0.2, -0.15) is 0 Å². The first kappa shape index (κ1) is 13.7.